The summed E-state index contributed by atoms with van der Waals surface area (Å²) in [6.45, 7) is 2.23. The van der Waals surface area contributed by atoms with Crippen LogP contribution in [-0.4, -0.2) is 5.78 Å². The van der Waals surface area contributed by atoms with E-state index in [1.165, 1.54) is 63.9 Å². The Morgan fingerprint density at radius 3 is 1.92 bits per heavy atom. The second kappa shape index (κ2) is 16.2. The van der Waals surface area contributed by atoms with E-state index in [2.05, 4.69) is 13.0 Å². The van der Waals surface area contributed by atoms with Crippen LogP contribution >= 0.6 is 0 Å². The number of carbonyl (C=O) groups is 1. The standard InChI is InChI=1S/C31H40F3NO/c1-2-3-4-5-6-7-8-9-10-11-12-13-17-29(27-15-14-16-28(23-27)31(32,33)34)30(36)22-25-18-20-26(24-35)21-19-25/h14-16,18-21,23,29H,2-13,17,22H2,1H3. The number of hydrogen-bond donors (Lipinski definition) is 0. The molecular weight excluding hydrogens is 459 g/mol. The molecule has 36 heavy (non-hydrogen) atoms. The summed E-state index contributed by atoms with van der Waals surface area (Å²) in [6, 6.07) is 14.1. The van der Waals surface area contributed by atoms with Crippen molar-refractivity contribution in [3.8, 4) is 6.07 Å². The van der Waals surface area contributed by atoms with Gasteiger partial charge >= 0.3 is 6.18 Å². The summed E-state index contributed by atoms with van der Waals surface area (Å²) in [5.41, 5.74) is 1.00. The molecule has 0 saturated heterocycles. The molecular formula is C31H40F3NO. The lowest BCUT2D eigenvalue weighted by Gasteiger charge is -2.18. The highest BCUT2D eigenvalue weighted by molar-refractivity contribution is 5.87. The van der Waals surface area contributed by atoms with E-state index in [9.17, 15) is 18.0 Å². The van der Waals surface area contributed by atoms with Crippen molar-refractivity contribution in [2.45, 2.75) is 109 Å². The summed E-state index contributed by atoms with van der Waals surface area (Å²) in [6.07, 6.45) is 10.7. The van der Waals surface area contributed by atoms with Crippen LogP contribution in [0, 0.1) is 11.3 Å². The van der Waals surface area contributed by atoms with Crippen LogP contribution < -0.4 is 0 Å². The fraction of sp³-hybridized carbons (Fsp3) is 0.548. The molecule has 5 heteroatoms. The van der Waals surface area contributed by atoms with E-state index in [1.807, 2.05) is 0 Å². The molecule has 1 atom stereocenters. The van der Waals surface area contributed by atoms with Crippen LogP contribution in [0.2, 0.25) is 0 Å². The molecule has 0 heterocycles. The van der Waals surface area contributed by atoms with Crippen LogP contribution in [-0.2, 0) is 17.4 Å². The summed E-state index contributed by atoms with van der Waals surface area (Å²) in [7, 11) is 0. The van der Waals surface area contributed by atoms with Gasteiger partial charge in [-0.2, -0.15) is 18.4 Å². The first kappa shape index (κ1) is 29.6. The van der Waals surface area contributed by atoms with Gasteiger partial charge in [0.05, 0.1) is 17.2 Å². The fourth-order valence-corrected chi connectivity index (χ4v) is 4.66. The highest BCUT2D eigenvalue weighted by Gasteiger charge is 2.31. The molecule has 1 unspecified atom stereocenters. The van der Waals surface area contributed by atoms with Crippen molar-refractivity contribution < 1.29 is 18.0 Å². The van der Waals surface area contributed by atoms with Gasteiger partial charge in [0.2, 0.25) is 0 Å². The first-order valence-electron chi connectivity index (χ1n) is 13.5. The largest absolute Gasteiger partial charge is 0.416 e. The number of rotatable bonds is 17. The van der Waals surface area contributed by atoms with E-state index >= 15 is 0 Å². The first-order valence-corrected chi connectivity index (χ1v) is 13.5. The second-order valence-electron chi connectivity index (χ2n) is 9.81. The van der Waals surface area contributed by atoms with E-state index in [1.54, 1.807) is 30.3 Å². The zero-order valence-corrected chi connectivity index (χ0v) is 21.6. The number of ketones is 1. The number of benzene rings is 2. The Bertz CT molecular complexity index is 944. The molecule has 0 spiro atoms. The van der Waals surface area contributed by atoms with Crippen molar-refractivity contribution in [3.63, 3.8) is 0 Å². The Hall–Kier alpha value is -2.61. The van der Waals surface area contributed by atoms with Crippen LogP contribution in [0.4, 0.5) is 13.2 Å². The summed E-state index contributed by atoms with van der Waals surface area (Å²) >= 11 is 0. The molecule has 2 nitrogen and oxygen atoms in total. The number of unbranched alkanes of at least 4 members (excludes halogenated alkanes) is 11. The Morgan fingerprint density at radius 2 is 1.39 bits per heavy atom. The number of hydrogen-bond acceptors (Lipinski definition) is 2. The van der Waals surface area contributed by atoms with E-state index in [0.29, 0.717) is 17.5 Å². The Labute approximate surface area is 214 Å². The van der Waals surface area contributed by atoms with Gasteiger partial charge in [-0.05, 0) is 35.7 Å². The molecule has 0 radical (unpaired) electrons. The van der Waals surface area contributed by atoms with E-state index < -0.39 is 17.7 Å². The minimum atomic E-state index is -4.44. The molecule has 2 rings (SSSR count). The van der Waals surface area contributed by atoms with Gasteiger partial charge in [-0.3, -0.25) is 4.79 Å². The fourth-order valence-electron chi connectivity index (χ4n) is 4.66. The molecule has 2 aromatic rings. The molecule has 0 N–H and O–H groups in total. The monoisotopic (exact) mass is 499 g/mol. The van der Waals surface area contributed by atoms with Crippen LogP contribution in [0.1, 0.15) is 119 Å². The highest BCUT2D eigenvalue weighted by Crippen LogP contribution is 2.33. The maximum absolute atomic E-state index is 13.3. The van der Waals surface area contributed by atoms with Gasteiger partial charge in [0.1, 0.15) is 5.78 Å². The van der Waals surface area contributed by atoms with Crippen molar-refractivity contribution >= 4 is 5.78 Å². The third kappa shape index (κ3) is 11.0. The Balaban J connectivity index is 1.89. The molecule has 196 valence electrons. The van der Waals surface area contributed by atoms with Gasteiger partial charge in [-0.1, -0.05) is 114 Å². The topological polar surface area (TPSA) is 40.9 Å². The first-order chi connectivity index (χ1) is 17.3. The summed E-state index contributed by atoms with van der Waals surface area (Å²) < 4.78 is 39.9. The number of carbonyl (C=O) groups excluding carboxylic acids is 1. The molecule has 2 aromatic carbocycles. The van der Waals surface area contributed by atoms with Gasteiger partial charge in [0, 0.05) is 12.3 Å². The third-order valence-electron chi connectivity index (χ3n) is 6.81. The molecule has 0 saturated carbocycles. The smallest absolute Gasteiger partial charge is 0.299 e. The SMILES string of the molecule is CCCCCCCCCCCCCCC(C(=O)Cc1ccc(C#N)cc1)c1cccc(C(F)(F)F)c1. The van der Waals surface area contributed by atoms with E-state index in [0.717, 1.165) is 37.0 Å². The lowest BCUT2D eigenvalue weighted by molar-refractivity contribution is -0.137. The van der Waals surface area contributed by atoms with Gasteiger partial charge in [0.15, 0.2) is 0 Å². The molecule has 0 aromatic heterocycles. The quantitative estimate of drug-likeness (QED) is 0.203. The minimum absolute atomic E-state index is 0.0814. The molecule has 0 amide bonds. The maximum atomic E-state index is 13.3. The predicted molar refractivity (Wildman–Crippen MR) is 140 cm³/mol. The molecule has 0 bridgehead atoms. The zero-order valence-electron chi connectivity index (χ0n) is 21.6. The van der Waals surface area contributed by atoms with Crippen LogP contribution in [0.5, 0.6) is 0 Å². The molecule has 0 aliphatic rings. The normalized spacial score (nSPS) is 12.3. The van der Waals surface area contributed by atoms with Gasteiger partial charge < -0.3 is 0 Å². The van der Waals surface area contributed by atoms with Crippen LogP contribution in [0.25, 0.3) is 0 Å². The van der Waals surface area contributed by atoms with Crippen LogP contribution in [0.3, 0.4) is 0 Å². The van der Waals surface area contributed by atoms with Crippen molar-refractivity contribution in [1.29, 1.82) is 5.26 Å². The number of halogens is 3. The second-order valence-corrected chi connectivity index (χ2v) is 9.81. The number of alkyl halides is 3. The molecule has 0 fully saturated rings. The van der Waals surface area contributed by atoms with Crippen molar-refractivity contribution in [2.75, 3.05) is 0 Å². The van der Waals surface area contributed by atoms with Gasteiger partial charge in [0.25, 0.3) is 0 Å². The van der Waals surface area contributed by atoms with E-state index in [-0.39, 0.29) is 12.2 Å². The van der Waals surface area contributed by atoms with Crippen molar-refractivity contribution in [2.24, 2.45) is 0 Å². The zero-order chi connectivity index (χ0) is 26.2. The minimum Gasteiger partial charge on any atom is -0.299 e. The summed E-state index contributed by atoms with van der Waals surface area (Å²) in [5, 5.41) is 8.97. The summed E-state index contributed by atoms with van der Waals surface area (Å²) in [4.78, 5) is 13.2. The highest BCUT2D eigenvalue weighted by atomic mass is 19.4. The number of nitrogens with zero attached hydrogens (tertiary/aromatic N) is 1. The van der Waals surface area contributed by atoms with Crippen LogP contribution in [0.15, 0.2) is 48.5 Å². The average molecular weight is 500 g/mol. The van der Waals surface area contributed by atoms with E-state index in [4.69, 9.17) is 5.26 Å². The predicted octanol–water partition coefficient (Wildman–Crippen LogP) is 9.56. The molecule has 0 aliphatic heterocycles. The van der Waals surface area contributed by atoms with Crippen molar-refractivity contribution in [3.05, 3.63) is 70.8 Å². The Kier molecular flexibility index (Phi) is 13.3. The number of nitriles is 1. The lowest BCUT2D eigenvalue weighted by atomic mass is 9.86. The average Bonchev–Trinajstić information content (AvgIpc) is 2.87. The lowest BCUT2D eigenvalue weighted by Crippen LogP contribution is -2.16. The number of Topliss-reactive ketones (excluding diaryl/α,β-unsaturated/α-hetero) is 1. The van der Waals surface area contributed by atoms with Gasteiger partial charge in [-0.15, -0.1) is 0 Å². The molecule has 0 aliphatic carbocycles. The van der Waals surface area contributed by atoms with Gasteiger partial charge in [-0.25, -0.2) is 0 Å². The summed E-state index contributed by atoms with van der Waals surface area (Å²) in [5.74, 6) is -0.645. The van der Waals surface area contributed by atoms with Crippen molar-refractivity contribution in [1.82, 2.24) is 0 Å². The maximum Gasteiger partial charge on any atom is 0.416 e. The third-order valence-corrected chi connectivity index (χ3v) is 6.81. The Morgan fingerprint density at radius 1 is 0.833 bits per heavy atom.